The Morgan fingerprint density at radius 2 is 2.25 bits per heavy atom. The highest BCUT2D eigenvalue weighted by molar-refractivity contribution is 5.85. The summed E-state index contributed by atoms with van der Waals surface area (Å²) in [7, 11) is 1.34. The molecule has 1 atom stereocenters. The Balaban J connectivity index is 2.17. The molecule has 5 nitrogen and oxygen atoms in total. The van der Waals surface area contributed by atoms with Crippen molar-refractivity contribution in [3.05, 3.63) is 46.4 Å². The van der Waals surface area contributed by atoms with Crippen molar-refractivity contribution >= 4 is 5.97 Å². The number of halogens is 1. The number of aromatic hydroxyl groups is 1. The normalized spacial score (nSPS) is 19.8. The molecule has 0 saturated carbocycles. The van der Waals surface area contributed by atoms with Crippen molar-refractivity contribution < 1.29 is 19.0 Å². The van der Waals surface area contributed by atoms with Gasteiger partial charge < -0.3 is 9.84 Å². The van der Waals surface area contributed by atoms with Crippen LogP contribution in [-0.4, -0.2) is 28.0 Å². The number of benzene rings is 1. The molecule has 3 rings (SSSR count). The van der Waals surface area contributed by atoms with Crippen LogP contribution in [0.4, 0.5) is 4.39 Å². The Labute approximate surface area is 140 Å². The third-order valence-electron chi connectivity index (χ3n) is 5.07. The van der Waals surface area contributed by atoms with E-state index in [0.717, 1.165) is 5.69 Å². The SMILES string of the molecule is CCn1nc(O)c2c1CCC(C(=O)OC)(c1cccc(F)c1C)C2. The second-order valence-electron chi connectivity index (χ2n) is 6.23. The molecule has 6 heteroatoms. The summed E-state index contributed by atoms with van der Waals surface area (Å²) < 4.78 is 20.9. The van der Waals surface area contributed by atoms with Gasteiger partial charge in [0.05, 0.1) is 12.5 Å². The largest absolute Gasteiger partial charge is 0.492 e. The molecule has 0 saturated heterocycles. The molecule has 2 aromatic rings. The van der Waals surface area contributed by atoms with E-state index in [9.17, 15) is 14.3 Å². The minimum Gasteiger partial charge on any atom is -0.492 e. The summed E-state index contributed by atoms with van der Waals surface area (Å²) in [6.07, 6.45) is 1.31. The predicted octanol–water partition coefficient (Wildman–Crippen LogP) is 2.66. The topological polar surface area (TPSA) is 64.3 Å². The molecule has 0 radical (unpaired) electrons. The Morgan fingerprint density at radius 1 is 1.50 bits per heavy atom. The molecular weight excluding hydrogens is 311 g/mol. The van der Waals surface area contributed by atoms with Crippen molar-refractivity contribution in [1.29, 1.82) is 0 Å². The fraction of sp³-hybridized carbons (Fsp3) is 0.444. The summed E-state index contributed by atoms with van der Waals surface area (Å²) >= 11 is 0. The van der Waals surface area contributed by atoms with Crippen LogP contribution in [0.5, 0.6) is 5.88 Å². The predicted molar refractivity (Wildman–Crippen MR) is 86.4 cm³/mol. The number of hydrogen-bond acceptors (Lipinski definition) is 4. The van der Waals surface area contributed by atoms with Crippen LogP contribution in [0.25, 0.3) is 0 Å². The molecule has 0 fully saturated rings. The van der Waals surface area contributed by atoms with E-state index >= 15 is 0 Å². The van der Waals surface area contributed by atoms with Crippen LogP contribution in [-0.2, 0) is 34.3 Å². The van der Waals surface area contributed by atoms with Crippen LogP contribution in [0.2, 0.25) is 0 Å². The number of methoxy groups -OCH3 is 1. The lowest BCUT2D eigenvalue weighted by atomic mass is 9.67. The van der Waals surface area contributed by atoms with Crippen molar-refractivity contribution in [2.45, 2.75) is 45.1 Å². The second-order valence-corrected chi connectivity index (χ2v) is 6.23. The van der Waals surface area contributed by atoms with Crippen molar-refractivity contribution in [3.63, 3.8) is 0 Å². The number of ether oxygens (including phenoxy) is 1. The summed E-state index contributed by atoms with van der Waals surface area (Å²) in [5, 5.41) is 14.3. The van der Waals surface area contributed by atoms with Gasteiger partial charge in [0.25, 0.3) is 0 Å². The summed E-state index contributed by atoms with van der Waals surface area (Å²) in [6.45, 7) is 4.26. The van der Waals surface area contributed by atoms with Gasteiger partial charge in [0.2, 0.25) is 5.88 Å². The molecule has 1 aliphatic rings. The summed E-state index contributed by atoms with van der Waals surface area (Å²) in [5.41, 5.74) is 1.63. The molecule has 128 valence electrons. The summed E-state index contributed by atoms with van der Waals surface area (Å²) in [6, 6.07) is 4.75. The molecule has 1 heterocycles. The number of aryl methyl sites for hydroxylation is 1. The average molecular weight is 332 g/mol. The first-order valence-electron chi connectivity index (χ1n) is 8.06. The van der Waals surface area contributed by atoms with E-state index in [1.807, 2.05) is 6.92 Å². The summed E-state index contributed by atoms with van der Waals surface area (Å²) in [4.78, 5) is 12.7. The quantitative estimate of drug-likeness (QED) is 0.878. The minimum absolute atomic E-state index is 0.0612. The molecule has 0 aliphatic heterocycles. The van der Waals surface area contributed by atoms with Gasteiger partial charge in [0.1, 0.15) is 5.82 Å². The van der Waals surface area contributed by atoms with Crippen molar-refractivity contribution in [2.24, 2.45) is 0 Å². The highest BCUT2D eigenvalue weighted by Crippen LogP contribution is 2.43. The first kappa shape index (κ1) is 16.5. The first-order chi connectivity index (χ1) is 11.4. The van der Waals surface area contributed by atoms with Crippen LogP contribution < -0.4 is 0 Å². The third-order valence-corrected chi connectivity index (χ3v) is 5.07. The lowest BCUT2D eigenvalue weighted by molar-refractivity contribution is -0.148. The highest BCUT2D eigenvalue weighted by Gasteiger charge is 2.47. The number of aromatic nitrogens is 2. The van der Waals surface area contributed by atoms with Gasteiger partial charge in [0, 0.05) is 17.8 Å². The van der Waals surface area contributed by atoms with Crippen LogP contribution in [0.15, 0.2) is 18.2 Å². The van der Waals surface area contributed by atoms with Gasteiger partial charge in [-0.25, -0.2) is 4.39 Å². The number of carbonyl (C=O) groups is 1. The van der Waals surface area contributed by atoms with Gasteiger partial charge in [-0.05, 0) is 50.3 Å². The van der Waals surface area contributed by atoms with Crippen LogP contribution in [0.3, 0.4) is 0 Å². The zero-order valence-corrected chi connectivity index (χ0v) is 14.1. The minimum atomic E-state index is -1.01. The number of rotatable bonds is 3. The Kier molecular flexibility index (Phi) is 4.07. The highest BCUT2D eigenvalue weighted by atomic mass is 19.1. The Hall–Kier alpha value is -2.37. The Morgan fingerprint density at radius 3 is 2.92 bits per heavy atom. The number of fused-ring (bicyclic) bond motifs is 1. The van der Waals surface area contributed by atoms with Crippen molar-refractivity contribution in [1.82, 2.24) is 9.78 Å². The number of carbonyl (C=O) groups excluding carboxylic acids is 1. The Bertz CT molecular complexity index is 800. The lowest BCUT2D eigenvalue weighted by Gasteiger charge is -2.36. The van der Waals surface area contributed by atoms with Gasteiger partial charge in [-0.2, -0.15) is 0 Å². The summed E-state index contributed by atoms with van der Waals surface area (Å²) in [5.74, 6) is -0.825. The molecule has 1 aromatic carbocycles. The molecule has 1 aliphatic carbocycles. The molecule has 1 N–H and O–H groups in total. The second kappa shape index (κ2) is 5.92. The first-order valence-corrected chi connectivity index (χ1v) is 8.06. The number of nitrogens with zero attached hydrogens (tertiary/aromatic N) is 2. The van der Waals surface area contributed by atoms with E-state index in [-0.39, 0.29) is 18.1 Å². The molecule has 24 heavy (non-hydrogen) atoms. The van der Waals surface area contributed by atoms with E-state index in [1.54, 1.807) is 23.7 Å². The molecule has 1 unspecified atom stereocenters. The molecular formula is C18H21FN2O3. The maximum atomic E-state index is 14.1. The third kappa shape index (κ3) is 2.28. The lowest BCUT2D eigenvalue weighted by Crippen LogP contribution is -2.43. The van der Waals surface area contributed by atoms with Crippen molar-refractivity contribution in [3.8, 4) is 5.88 Å². The molecule has 0 bridgehead atoms. The van der Waals surface area contributed by atoms with Gasteiger partial charge in [-0.1, -0.05) is 12.1 Å². The zero-order valence-electron chi connectivity index (χ0n) is 14.1. The number of esters is 1. The van der Waals surface area contributed by atoms with E-state index in [1.165, 1.54) is 13.2 Å². The van der Waals surface area contributed by atoms with Gasteiger partial charge in [-0.15, -0.1) is 5.10 Å². The fourth-order valence-corrected chi connectivity index (χ4v) is 3.80. The average Bonchev–Trinajstić information content (AvgIpc) is 2.91. The van der Waals surface area contributed by atoms with Gasteiger partial charge in [0.15, 0.2) is 0 Å². The van der Waals surface area contributed by atoms with Crippen LogP contribution >= 0.6 is 0 Å². The van der Waals surface area contributed by atoms with Gasteiger partial charge in [-0.3, -0.25) is 9.48 Å². The monoisotopic (exact) mass is 332 g/mol. The molecule has 0 amide bonds. The maximum Gasteiger partial charge on any atom is 0.316 e. The molecule has 1 aromatic heterocycles. The fourth-order valence-electron chi connectivity index (χ4n) is 3.80. The van der Waals surface area contributed by atoms with Crippen LogP contribution in [0, 0.1) is 12.7 Å². The van der Waals surface area contributed by atoms with E-state index in [4.69, 9.17) is 4.74 Å². The maximum absolute atomic E-state index is 14.1. The van der Waals surface area contributed by atoms with E-state index < -0.39 is 11.4 Å². The van der Waals surface area contributed by atoms with Crippen molar-refractivity contribution in [2.75, 3.05) is 7.11 Å². The van der Waals surface area contributed by atoms with Crippen LogP contribution in [0.1, 0.15) is 35.7 Å². The van der Waals surface area contributed by atoms with E-state index in [2.05, 4.69) is 5.10 Å². The van der Waals surface area contributed by atoms with E-state index in [0.29, 0.717) is 36.1 Å². The number of hydrogen-bond donors (Lipinski definition) is 1. The van der Waals surface area contributed by atoms with Gasteiger partial charge >= 0.3 is 5.97 Å². The standard InChI is InChI=1S/C18H21FN2O3/c1-4-21-15-8-9-18(17(23)24-3,10-12(15)16(22)20-21)13-6-5-7-14(19)11(13)2/h5-7H,4,8-10H2,1-3H3,(H,20,22). The molecule has 0 spiro atoms. The smallest absolute Gasteiger partial charge is 0.316 e. The zero-order chi connectivity index (χ0) is 17.5.